The van der Waals surface area contributed by atoms with Gasteiger partial charge in [0.2, 0.25) is 5.91 Å². The van der Waals surface area contributed by atoms with Crippen molar-refractivity contribution in [2.75, 3.05) is 11.9 Å². The fraction of sp³-hybridized carbons (Fsp3) is 0.360. The van der Waals surface area contributed by atoms with Gasteiger partial charge in [0.15, 0.2) is 0 Å². The van der Waals surface area contributed by atoms with Crippen LogP contribution in [0.4, 0.5) is 5.69 Å². The van der Waals surface area contributed by atoms with Crippen LogP contribution in [0.1, 0.15) is 48.6 Å². The lowest BCUT2D eigenvalue weighted by molar-refractivity contribution is -0.115. The molecule has 9 heteroatoms. The Labute approximate surface area is 196 Å². The third-order valence-electron chi connectivity index (χ3n) is 6.35. The predicted octanol–water partition coefficient (Wildman–Crippen LogP) is 3.78. The Hall–Kier alpha value is -3.90. The largest absolute Gasteiger partial charge is 0.378 e. The lowest BCUT2D eigenvalue weighted by atomic mass is 10.0. The number of carbonyl (C=O) groups is 1. The SMILES string of the molecule is Cc1ncnc(C)c1NC(=O)Cc1nc2cnc3ccc(C#N)cc3c2n1[C@@H]1CCO[C@H](C)C1. The highest BCUT2D eigenvalue weighted by molar-refractivity contribution is 6.03. The van der Waals surface area contributed by atoms with E-state index in [9.17, 15) is 10.1 Å². The van der Waals surface area contributed by atoms with Crippen molar-refractivity contribution >= 4 is 33.5 Å². The zero-order valence-electron chi connectivity index (χ0n) is 19.4. The zero-order valence-corrected chi connectivity index (χ0v) is 19.4. The van der Waals surface area contributed by atoms with Gasteiger partial charge in [-0.15, -0.1) is 0 Å². The number of pyridine rings is 1. The number of aromatic nitrogens is 5. The van der Waals surface area contributed by atoms with Crippen molar-refractivity contribution in [1.82, 2.24) is 24.5 Å². The Balaban J connectivity index is 1.62. The van der Waals surface area contributed by atoms with Gasteiger partial charge < -0.3 is 14.6 Å². The smallest absolute Gasteiger partial charge is 0.232 e. The molecule has 9 nitrogen and oxygen atoms in total. The van der Waals surface area contributed by atoms with Crippen LogP contribution in [0.2, 0.25) is 0 Å². The average molecular weight is 456 g/mol. The molecule has 4 aromatic rings. The van der Waals surface area contributed by atoms with Crippen molar-refractivity contribution in [2.24, 2.45) is 0 Å². The summed E-state index contributed by atoms with van der Waals surface area (Å²) in [7, 11) is 0. The molecule has 1 aliphatic heterocycles. The molecule has 3 aromatic heterocycles. The van der Waals surface area contributed by atoms with Crippen LogP contribution in [0, 0.1) is 25.2 Å². The van der Waals surface area contributed by atoms with Gasteiger partial charge in [0.25, 0.3) is 0 Å². The molecule has 34 heavy (non-hydrogen) atoms. The molecule has 0 bridgehead atoms. The minimum absolute atomic E-state index is 0.0909. The maximum absolute atomic E-state index is 13.1. The fourth-order valence-corrected chi connectivity index (χ4v) is 4.72. The predicted molar refractivity (Wildman–Crippen MR) is 127 cm³/mol. The van der Waals surface area contributed by atoms with Crippen LogP contribution in [-0.4, -0.2) is 43.1 Å². The monoisotopic (exact) mass is 455 g/mol. The molecule has 0 unspecified atom stereocenters. The molecule has 0 spiro atoms. The van der Waals surface area contributed by atoms with E-state index in [0.717, 1.165) is 29.3 Å². The minimum Gasteiger partial charge on any atom is -0.378 e. The molecule has 0 aliphatic carbocycles. The number of rotatable bonds is 4. The number of carbonyl (C=O) groups excluding carboxylic acids is 1. The Morgan fingerprint density at radius 1 is 1.24 bits per heavy atom. The van der Waals surface area contributed by atoms with Crippen molar-refractivity contribution in [3.63, 3.8) is 0 Å². The van der Waals surface area contributed by atoms with Crippen LogP contribution in [0.15, 0.2) is 30.7 Å². The second-order valence-electron chi connectivity index (χ2n) is 8.74. The van der Waals surface area contributed by atoms with E-state index in [2.05, 4.69) is 37.8 Å². The van der Waals surface area contributed by atoms with Gasteiger partial charge in [-0.25, -0.2) is 15.0 Å². The number of aryl methyl sites for hydroxylation is 2. The molecule has 0 saturated carbocycles. The molecular formula is C25H25N7O2. The molecule has 1 fully saturated rings. The summed E-state index contributed by atoms with van der Waals surface area (Å²) < 4.78 is 7.95. The summed E-state index contributed by atoms with van der Waals surface area (Å²) in [4.78, 5) is 30.9. The first-order valence-corrected chi connectivity index (χ1v) is 11.3. The Morgan fingerprint density at radius 3 is 2.76 bits per heavy atom. The lowest BCUT2D eigenvalue weighted by Crippen LogP contribution is -2.28. The number of hydrogen-bond donors (Lipinski definition) is 1. The molecule has 1 aliphatic rings. The van der Waals surface area contributed by atoms with Gasteiger partial charge in [0.05, 0.1) is 58.5 Å². The number of amides is 1. The van der Waals surface area contributed by atoms with Crippen molar-refractivity contribution in [1.29, 1.82) is 5.26 Å². The van der Waals surface area contributed by atoms with Crippen molar-refractivity contribution < 1.29 is 9.53 Å². The first kappa shape index (κ1) is 21.9. The molecule has 1 amide bonds. The summed E-state index contributed by atoms with van der Waals surface area (Å²) in [6.07, 6.45) is 5.05. The molecule has 2 atom stereocenters. The Bertz CT molecular complexity index is 1430. The summed E-state index contributed by atoms with van der Waals surface area (Å²) >= 11 is 0. The topological polar surface area (TPSA) is 119 Å². The second-order valence-corrected chi connectivity index (χ2v) is 8.74. The lowest BCUT2D eigenvalue weighted by Gasteiger charge is -2.30. The molecule has 5 rings (SSSR count). The van der Waals surface area contributed by atoms with E-state index in [1.807, 2.05) is 26.0 Å². The van der Waals surface area contributed by atoms with Gasteiger partial charge in [-0.05, 0) is 51.8 Å². The number of nitrogens with one attached hydrogen (secondary N) is 1. The molecular weight excluding hydrogens is 430 g/mol. The minimum atomic E-state index is -0.187. The molecule has 0 radical (unpaired) electrons. The third-order valence-corrected chi connectivity index (χ3v) is 6.35. The van der Waals surface area contributed by atoms with Gasteiger partial charge in [-0.3, -0.25) is 9.78 Å². The summed E-state index contributed by atoms with van der Waals surface area (Å²) in [6, 6.07) is 7.80. The number of benzene rings is 1. The van der Waals surface area contributed by atoms with Crippen molar-refractivity contribution in [3.05, 3.63) is 53.5 Å². The van der Waals surface area contributed by atoms with Crippen LogP contribution in [0.5, 0.6) is 0 Å². The van der Waals surface area contributed by atoms with E-state index < -0.39 is 0 Å². The normalized spacial score (nSPS) is 18.2. The maximum atomic E-state index is 13.1. The molecule has 1 aromatic carbocycles. The van der Waals surface area contributed by atoms with E-state index in [1.165, 1.54) is 6.33 Å². The van der Waals surface area contributed by atoms with E-state index in [-0.39, 0.29) is 24.5 Å². The first-order valence-electron chi connectivity index (χ1n) is 11.3. The summed E-state index contributed by atoms with van der Waals surface area (Å²) in [6.45, 7) is 6.39. The average Bonchev–Trinajstić information content (AvgIpc) is 3.19. The standard InChI is InChI=1S/C25H25N7O2/c1-14-8-18(6-7-34-14)32-22(10-23(33)31-24-15(2)28-13-29-16(24)3)30-21-12-27-20-5-4-17(11-26)9-19(20)25(21)32/h4-5,9,12-14,18H,6-8,10H2,1-3H3,(H,31,33)/t14-,18-/m1/s1. The van der Waals surface area contributed by atoms with Crippen LogP contribution in [0.3, 0.4) is 0 Å². The summed E-state index contributed by atoms with van der Waals surface area (Å²) in [5, 5.41) is 13.3. The fourth-order valence-electron chi connectivity index (χ4n) is 4.72. The van der Waals surface area contributed by atoms with Crippen molar-refractivity contribution in [3.8, 4) is 6.07 Å². The molecule has 1 saturated heterocycles. The number of ether oxygens (including phenoxy) is 1. The number of fused-ring (bicyclic) bond motifs is 3. The van der Waals surface area contributed by atoms with Crippen LogP contribution >= 0.6 is 0 Å². The highest BCUT2D eigenvalue weighted by Gasteiger charge is 2.27. The molecule has 172 valence electrons. The quantitative estimate of drug-likeness (QED) is 0.497. The number of hydrogen-bond acceptors (Lipinski definition) is 7. The number of imidazole rings is 1. The highest BCUT2D eigenvalue weighted by atomic mass is 16.5. The first-order chi connectivity index (χ1) is 16.4. The van der Waals surface area contributed by atoms with Crippen LogP contribution < -0.4 is 5.32 Å². The van der Waals surface area contributed by atoms with E-state index in [4.69, 9.17) is 9.72 Å². The third kappa shape index (κ3) is 3.97. The summed E-state index contributed by atoms with van der Waals surface area (Å²) in [5.74, 6) is 0.475. The van der Waals surface area contributed by atoms with E-state index in [0.29, 0.717) is 40.6 Å². The maximum Gasteiger partial charge on any atom is 0.232 e. The van der Waals surface area contributed by atoms with Crippen molar-refractivity contribution in [2.45, 2.75) is 52.2 Å². The van der Waals surface area contributed by atoms with Gasteiger partial charge in [0.1, 0.15) is 17.7 Å². The Kier molecular flexibility index (Phi) is 5.67. The van der Waals surface area contributed by atoms with Gasteiger partial charge in [-0.2, -0.15) is 5.26 Å². The van der Waals surface area contributed by atoms with Gasteiger partial charge >= 0.3 is 0 Å². The summed E-state index contributed by atoms with van der Waals surface area (Å²) in [5.41, 5.74) is 5.01. The van der Waals surface area contributed by atoms with E-state index >= 15 is 0 Å². The zero-order chi connectivity index (χ0) is 23.8. The number of nitriles is 1. The molecule has 1 N–H and O–H groups in total. The van der Waals surface area contributed by atoms with Crippen LogP contribution in [-0.2, 0) is 16.0 Å². The van der Waals surface area contributed by atoms with Crippen LogP contribution in [0.25, 0.3) is 21.9 Å². The van der Waals surface area contributed by atoms with Gasteiger partial charge in [0, 0.05) is 18.0 Å². The second kappa shape index (κ2) is 8.80. The Morgan fingerprint density at radius 2 is 2.03 bits per heavy atom. The van der Waals surface area contributed by atoms with Gasteiger partial charge in [-0.1, -0.05) is 0 Å². The number of anilines is 1. The number of nitrogens with zero attached hydrogens (tertiary/aromatic N) is 6. The van der Waals surface area contributed by atoms with E-state index in [1.54, 1.807) is 12.3 Å². The highest BCUT2D eigenvalue weighted by Crippen LogP contribution is 2.34. The molecule has 4 heterocycles.